The molecule has 0 fully saturated rings. The van der Waals surface area contributed by atoms with E-state index in [1.54, 1.807) is 21.3 Å². The minimum Gasteiger partial charge on any atom is -0.493 e. The number of carbonyl (C=O) groups excluding carboxylic acids is 1. The molecular formula is C24H31IN4O3. The van der Waals surface area contributed by atoms with Gasteiger partial charge in [-0.3, -0.25) is 9.79 Å². The molecule has 0 bridgehead atoms. The monoisotopic (exact) mass is 550 g/mol. The number of rotatable bonds is 4. The number of methoxy groups -OCH3 is 2. The summed E-state index contributed by atoms with van der Waals surface area (Å²) < 4.78 is 10.9. The average molecular weight is 550 g/mol. The highest BCUT2D eigenvalue weighted by Crippen LogP contribution is 2.33. The van der Waals surface area contributed by atoms with Crippen LogP contribution in [0.1, 0.15) is 22.3 Å². The van der Waals surface area contributed by atoms with Gasteiger partial charge in [-0.1, -0.05) is 24.3 Å². The summed E-state index contributed by atoms with van der Waals surface area (Å²) in [6.45, 7) is 3.21. The fourth-order valence-electron chi connectivity index (χ4n) is 4.37. The summed E-state index contributed by atoms with van der Waals surface area (Å²) in [5.41, 5.74) is 5.02. The zero-order valence-corrected chi connectivity index (χ0v) is 21.2. The van der Waals surface area contributed by atoms with Gasteiger partial charge < -0.3 is 24.6 Å². The topological polar surface area (TPSA) is 66.4 Å². The van der Waals surface area contributed by atoms with Gasteiger partial charge in [0.05, 0.1) is 20.8 Å². The van der Waals surface area contributed by atoms with Crippen molar-refractivity contribution in [2.24, 2.45) is 4.99 Å². The van der Waals surface area contributed by atoms with Crippen molar-refractivity contribution in [1.29, 1.82) is 0 Å². The molecular weight excluding hydrogens is 519 g/mol. The van der Waals surface area contributed by atoms with E-state index in [4.69, 9.17) is 9.47 Å². The highest BCUT2D eigenvalue weighted by Gasteiger charge is 2.24. The molecule has 0 spiro atoms. The van der Waals surface area contributed by atoms with Gasteiger partial charge in [-0.05, 0) is 47.2 Å². The third-order valence-corrected chi connectivity index (χ3v) is 6.11. The van der Waals surface area contributed by atoms with Gasteiger partial charge in [-0.2, -0.15) is 0 Å². The molecule has 0 saturated heterocycles. The fourth-order valence-corrected chi connectivity index (χ4v) is 4.37. The molecule has 0 atom stereocenters. The van der Waals surface area contributed by atoms with E-state index in [1.165, 1.54) is 22.3 Å². The lowest BCUT2D eigenvalue weighted by molar-refractivity contribution is -0.130. The van der Waals surface area contributed by atoms with Gasteiger partial charge in [-0.15, -0.1) is 24.0 Å². The van der Waals surface area contributed by atoms with Crippen molar-refractivity contribution in [3.05, 3.63) is 58.7 Å². The molecule has 32 heavy (non-hydrogen) atoms. The van der Waals surface area contributed by atoms with Gasteiger partial charge in [-0.25, -0.2) is 0 Å². The van der Waals surface area contributed by atoms with Crippen LogP contribution in [-0.4, -0.2) is 62.6 Å². The SMILES string of the molecule is CN=C(NCC(=O)N1CCc2ccccc2C1)N1CCc2cc(OC)c(OC)cc2C1.I. The minimum absolute atomic E-state index is 0. The predicted molar refractivity (Wildman–Crippen MR) is 136 cm³/mol. The smallest absolute Gasteiger partial charge is 0.242 e. The lowest BCUT2D eigenvalue weighted by atomic mass is 9.99. The van der Waals surface area contributed by atoms with Gasteiger partial charge in [0.15, 0.2) is 17.5 Å². The van der Waals surface area contributed by atoms with E-state index >= 15 is 0 Å². The van der Waals surface area contributed by atoms with E-state index in [0.717, 1.165) is 43.4 Å². The van der Waals surface area contributed by atoms with Gasteiger partial charge in [0.1, 0.15) is 0 Å². The third kappa shape index (κ3) is 5.11. The number of nitrogens with zero attached hydrogens (tertiary/aromatic N) is 3. The van der Waals surface area contributed by atoms with Crippen molar-refractivity contribution in [2.45, 2.75) is 25.9 Å². The van der Waals surface area contributed by atoms with Crippen LogP contribution in [0.4, 0.5) is 0 Å². The molecule has 1 amide bonds. The number of halogens is 1. The van der Waals surface area contributed by atoms with E-state index in [9.17, 15) is 4.79 Å². The Morgan fingerprint density at radius 2 is 1.53 bits per heavy atom. The Bertz CT molecular complexity index is 995. The number of benzene rings is 2. The van der Waals surface area contributed by atoms with Crippen LogP contribution in [0.5, 0.6) is 11.5 Å². The molecule has 2 heterocycles. The second kappa shape index (κ2) is 10.9. The summed E-state index contributed by atoms with van der Waals surface area (Å²) in [5.74, 6) is 2.32. The van der Waals surface area contributed by atoms with Crippen LogP contribution >= 0.6 is 24.0 Å². The third-order valence-electron chi connectivity index (χ3n) is 6.11. The molecule has 2 aliphatic heterocycles. The second-order valence-electron chi connectivity index (χ2n) is 7.88. The van der Waals surface area contributed by atoms with Crippen molar-refractivity contribution in [1.82, 2.24) is 15.1 Å². The van der Waals surface area contributed by atoms with Crippen molar-refractivity contribution in [2.75, 3.05) is 40.9 Å². The Morgan fingerprint density at radius 1 is 0.938 bits per heavy atom. The van der Waals surface area contributed by atoms with E-state index in [2.05, 4.69) is 39.5 Å². The number of hydrogen-bond acceptors (Lipinski definition) is 4. The van der Waals surface area contributed by atoms with Crippen LogP contribution in [0, 0.1) is 0 Å². The summed E-state index contributed by atoms with van der Waals surface area (Å²) in [6.07, 6.45) is 1.79. The summed E-state index contributed by atoms with van der Waals surface area (Å²) >= 11 is 0. The van der Waals surface area contributed by atoms with Gasteiger partial charge in [0.25, 0.3) is 0 Å². The van der Waals surface area contributed by atoms with Crippen LogP contribution < -0.4 is 14.8 Å². The number of aliphatic imine (C=N–C) groups is 1. The van der Waals surface area contributed by atoms with Crippen LogP contribution in [0.25, 0.3) is 0 Å². The number of ether oxygens (including phenoxy) is 2. The molecule has 2 aromatic rings. The lowest BCUT2D eigenvalue weighted by Gasteiger charge is -2.33. The van der Waals surface area contributed by atoms with Crippen LogP contribution in [0.3, 0.4) is 0 Å². The van der Waals surface area contributed by atoms with Crippen molar-refractivity contribution >= 4 is 35.8 Å². The zero-order chi connectivity index (χ0) is 21.8. The molecule has 0 aromatic heterocycles. The second-order valence-corrected chi connectivity index (χ2v) is 7.88. The van der Waals surface area contributed by atoms with Gasteiger partial charge in [0, 0.05) is 33.2 Å². The maximum atomic E-state index is 12.8. The molecule has 2 aliphatic rings. The molecule has 0 saturated carbocycles. The zero-order valence-electron chi connectivity index (χ0n) is 18.9. The minimum atomic E-state index is 0. The first-order chi connectivity index (χ1) is 15.1. The Balaban J connectivity index is 0.00000289. The van der Waals surface area contributed by atoms with E-state index in [0.29, 0.717) is 13.1 Å². The number of fused-ring (bicyclic) bond motifs is 2. The number of amides is 1. The predicted octanol–water partition coefficient (Wildman–Crippen LogP) is 2.84. The first-order valence-corrected chi connectivity index (χ1v) is 10.7. The lowest BCUT2D eigenvalue weighted by Crippen LogP contribution is -2.48. The molecule has 0 aliphatic carbocycles. The van der Waals surface area contributed by atoms with Crippen LogP contribution in [-0.2, 0) is 30.7 Å². The molecule has 4 rings (SSSR count). The number of nitrogens with one attached hydrogen (secondary N) is 1. The Kier molecular flexibility index (Phi) is 8.22. The Morgan fingerprint density at radius 3 is 2.22 bits per heavy atom. The summed E-state index contributed by atoms with van der Waals surface area (Å²) in [6, 6.07) is 12.4. The van der Waals surface area contributed by atoms with Gasteiger partial charge >= 0.3 is 0 Å². The largest absolute Gasteiger partial charge is 0.493 e. The molecule has 2 aromatic carbocycles. The fraction of sp³-hybridized carbons (Fsp3) is 0.417. The maximum Gasteiger partial charge on any atom is 0.242 e. The number of guanidine groups is 1. The van der Waals surface area contributed by atoms with Crippen molar-refractivity contribution in [3.63, 3.8) is 0 Å². The van der Waals surface area contributed by atoms with E-state index in [-0.39, 0.29) is 36.4 Å². The molecule has 8 heteroatoms. The molecule has 7 nitrogen and oxygen atoms in total. The van der Waals surface area contributed by atoms with Gasteiger partial charge in [0.2, 0.25) is 5.91 Å². The van der Waals surface area contributed by atoms with E-state index in [1.807, 2.05) is 17.0 Å². The molecule has 0 unspecified atom stereocenters. The normalized spacial score (nSPS) is 15.3. The van der Waals surface area contributed by atoms with Crippen LogP contribution in [0.15, 0.2) is 41.4 Å². The molecule has 0 radical (unpaired) electrons. The van der Waals surface area contributed by atoms with E-state index < -0.39 is 0 Å². The maximum absolute atomic E-state index is 12.8. The highest BCUT2D eigenvalue weighted by atomic mass is 127. The standard InChI is InChI=1S/C24H30N4O3.HI/c1-25-24(26-14-23(29)27-10-8-17-6-4-5-7-19(17)15-27)28-11-9-18-12-21(30-2)22(31-3)13-20(18)16-28;/h4-7,12-13H,8-11,14-16H2,1-3H3,(H,25,26);1H. The Labute approximate surface area is 206 Å². The molecule has 172 valence electrons. The average Bonchev–Trinajstić information content (AvgIpc) is 2.82. The first kappa shape index (κ1) is 24.2. The summed E-state index contributed by atoms with van der Waals surface area (Å²) in [4.78, 5) is 21.3. The van der Waals surface area contributed by atoms with Crippen molar-refractivity contribution in [3.8, 4) is 11.5 Å². The number of carbonyl (C=O) groups is 1. The molecule has 1 N–H and O–H groups in total. The summed E-state index contributed by atoms with van der Waals surface area (Å²) in [7, 11) is 5.06. The van der Waals surface area contributed by atoms with Crippen LogP contribution in [0.2, 0.25) is 0 Å². The summed E-state index contributed by atoms with van der Waals surface area (Å²) in [5, 5.41) is 3.27. The quantitative estimate of drug-likeness (QED) is 0.361. The first-order valence-electron chi connectivity index (χ1n) is 10.7. The van der Waals surface area contributed by atoms with Crippen molar-refractivity contribution < 1.29 is 14.3 Å². The highest BCUT2D eigenvalue weighted by molar-refractivity contribution is 14.0. The Hall–Kier alpha value is -2.49. The number of hydrogen-bond donors (Lipinski definition) is 1.